The van der Waals surface area contributed by atoms with Crippen LogP contribution in [0.2, 0.25) is 5.02 Å². The second-order valence-corrected chi connectivity index (χ2v) is 6.06. The second kappa shape index (κ2) is 8.78. The van der Waals surface area contributed by atoms with Crippen molar-refractivity contribution >= 4 is 35.2 Å². The van der Waals surface area contributed by atoms with Crippen LogP contribution in [0, 0.1) is 0 Å². The van der Waals surface area contributed by atoms with Crippen molar-refractivity contribution in [2.45, 2.75) is 0 Å². The van der Waals surface area contributed by atoms with Gasteiger partial charge in [-0.2, -0.15) is 0 Å². The summed E-state index contributed by atoms with van der Waals surface area (Å²) in [4.78, 5) is 29.2. The first-order valence-electron chi connectivity index (χ1n) is 8.17. The summed E-state index contributed by atoms with van der Waals surface area (Å²) >= 11 is 5.96. The number of nitrogens with zero attached hydrogens (tertiary/aromatic N) is 1. The molecule has 1 aromatic heterocycles. The van der Waals surface area contributed by atoms with Crippen molar-refractivity contribution in [1.82, 2.24) is 10.3 Å². The number of nitrogens with one attached hydrogen (secondary N) is 2. The number of aromatic nitrogens is 1. The maximum absolute atomic E-state index is 12.7. The molecule has 0 aliphatic rings. The molecule has 0 saturated carbocycles. The molecule has 134 valence electrons. The fourth-order valence-electron chi connectivity index (χ4n) is 2.33. The average Bonchev–Trinajstić information content (AvgIpc) is 2.69. The van der Waals surface area contributed by atoms with Gasteiger partial charge >= 0.3 is 0 Å². The third-order valence-electron chi connectivity index (χ3n) is 3.63. The standard InChI is InChI=1S/C21H16ClN3O2/c22-17-7-4-8-18(14-17)24-21(27)19(13-15-9-11-23-12-10-15)25-20(26)16-5-2-1-3-6-16/h1-14H,(H,24,27)(H,25,26). The third-order valence-corrected chi connectivity index (χ3v) is 3.86. The summed E-state index contributed by atoms with van der Waals surface area (Å²) in [6.45, 7) is 0. The Labute approximate surface area is 161 Å². The van der Waals surface area contributed by atoms with Crippen LogP contribution in [0.5, 0.6) is 0 Å². The largest absolute Gasteiger partial charge is 0.321 e. The van der Waals surface area contributed by atoms with Crippen molar-refractivity contribution in [2.75, 3.05) is 5.32 Å². The molecule has 0 bridgehead atoms. The quantitative estimate of drug-likeness (QED) is 0.656. The first-order valence-corrected chi connectivity index (χ1v) is 8.55. The summed E-state index contributed by atoms with van der Waals surface area (Å²) in [7, 11) is 0. The van der Waals surface area contributed by atoms with E-state index in [9.17, 15) is 9.59 Å². The van der Waals surface area contributed by atoms with E-state index in [1.54, 1.807) is 79.1 Å². The van der Waals surface area contributed by atoms with Gasteiger partial charge in [0.1, 0.15) is 5.70 Å². The van der Waals surface area contributed by atoms with E-state index in [0.717, 1.165) is 5.56 Å². The van der Waals surface area contributed by atoms with E-state index < -0.39 is 5.91 Å². The molecule has 0 aliphatic heterocycles. The molecule has 5 nitrogen and oxygen atoms in total. The van der Waals surface area contributed by atoms with E-state index >= 15 is 0 Å². The van der Waals surface area contributed by atoms with Crippen molar-refractivity contribution in [3.05, 3.63) is 101 Å². The molecular formula is C21H16ClN3O2. The third kappa shape index (κ3) is 5.26. The van der Waals surface area contributed by atoms with E-state index in [2.05, 4.69) is 15.6 Å². The topological polar surface area (TPSA) is 71.1 Å². The first-order chi connectivity index (χ1) is 13.1. The number of amides is 2. The summed E-state index contributed by atoms with van der Waals surface area (Å²) < 4.78 is 0. The van der Waals surface area contributed by atoms with Crippen molar-refractivity contribution < 1.29 is 9.59 Å². The summed E-state index contributed by atoms with van der Waals surface area (Å²) in [5.41, 5.74) is 1.82. The van der Waals surface area contributed by atoms with Crippen molar-refractivity contribution in [1.29, 1.82) is 0 Å². The summed E-state index contributed by atoms with van der Waals surface area (Å²) in [6.07, 6.45) is 4.80. The zero-order valence-corrected chi connectivity index (χ0v) is 15.0. The van der Waals surface area contributed by atoms with Gasteiger partial charge in [-0.3, -0.25) is 14.6 Å². The molecule has 0 saturated heterocycles. The Morgan fingerprint density at radius 3 is 2.37 bits per heavy atom. The summed E-state index contributed by atoms with van der Waals surface area (Å²) in [6, 6.07) is 18.9. The molecule has 0 unspecified atom stereocenters. The molecule has 3 rings (SSSR count). The van der Waals surface area contributed by atoms with Gasteiger partial charge < -0.3 is 10.6 Å². The Balaban J connectivity index is 1.86. The van der Waals surface area contributed by atoms with Crippen LogP contribution in [0.25, 0.3) is 6.08 Å². The predicted octanol–water partition coefficient (Wildman–Crippen LogP) is 4.14. The second-order valence-electron chi connectivity index (χ2n) is 5.62. The van der Waals surface area contributed by atoms with E-state index in [-0.39, 0.29) is 11.6 Å². The maximum Gasteiger partial charge on any atom is 0.272 e. The molecule has 2 N–H and O–H groups in total. The van der Waals surface area contributed by atoms with Crippen LogP contribution in [0.3, 0.4) is 0 Å². The first kappa shape index (κ1) is 18.4. The number of pyridine rings is 1. The molecule has 6 heteroatoms. The predicted molar refractivity (Wildman–Crippen MR) is 106 cm³/mol. The zero-order chi connectivity index (χ0) is 19.1. The number of hydrogen-bond donors (Lipinski definition) is 2. The SMILES string of the molecule is O=C(Nc1cccc(Cl)c1)C(=Cc1ccncc1)NC(=O)c1ccccc1. The van der Waals surface area contributed by atoms with Crippen LogP contribution >= 0.6 is 11.6 Å². The molecular weight excluding hydrogens is 362 g/mol. The minimum atomic E-state index is -0.460. The lowest BCUT2D eigenvalue weighted by atomic mass is 10.2. The minimum absolute atomic E-state index is 0.107. The van der Waals surface area contributed by atoms with Gasteiger partial charge in [0.25, 0.3) is 11.8 Å². The fraction of sp³-hybridized carbons (Fsp3) is 0. The molecule has 2 aromatic carbocycles. The van der Waals surface area contributed by atoms with Crippen LogP contribution in [0.15, 0.2) is 84.8 Å². The van der Waals surface area contributed by atoms with E-state index in [4.69, 9.17) is 11.6 Å². The maximum atomic E-state index is 12.7. The normalized spacial score (nSPS) is 10.9. The highest BCUT2D eigenvalue weighted by molar-refractivity contribution is 6.31. The van der Waals surface area contributed by atoms with Gasteiger partial charge in [-0.1, -0.05) is 35.9 Å². The van der Waals surface area contributed by atoms with Crippen molar-refractivity contribution in [3.63, 3.8) is 0 Å². The Morgan fingerprint density at radius 2 is 1.67 bits per heavy atom. The summed E-state index contributed by atoms with van der Waals surface area (Å²) in [5.74, 6) is -0.837. The van der Waals surface area contributed by atoms with Crippen molar-refractivity contribution in [2.24, 2.45) is 0 Å². The smallest absolute Gasteiger partial charge is 0.272 e. The van der Waals surface area contributed by atoms with Crippen LogP contribution in [0.4, 0.5) is 5.69 Å². The lowest BCUT2D eigenvalue weighted by molar-refractivity contribution is -0.113. The number of benzene rings is 2. The lowest BCUT2D eigenvalue weighted by Crippen LogP contribution is -2.30. The van der Waals surface area contributed by atoms with E-state index in [0.29, 0.717) is 16.3 Å². The van der Waals surface area contributed by atoms with E-state index in [1.165, 1.54) is 0 Å². The van der Waals surface area contributed by atoms with Gasteiger partial charge in [0.15, 0.2) is 0 Å². The lowest BCUT2D eigenvalue weighted by Gasteiger charge is -2.11. The van der Waals surface area contributed by atoms with Gasteiger partial charge in [0.05, 0.1) is 0 Å². The number of rotatable bonds is 5. The monoisotopic (exact) mass is 377 g/mol. The van der Waals surface area contributed by atoms with Gasteiger partial charge in [0, 0.05) is 28.7 Å². The number of halogens is 1. The van der Waals surface area contributed by atoms with Gasteiger partial charge in [0.2, 0.25) is 0 Å². The number of carbonyl (C=O) groups is 2. The van der Waals surface area contributed by atoms with Gasteiger partial charge in [-0.15, -0.1) is 0 Å². The summed E-state index contributed by atoms with van der Waals surface area (Å²) in [5, 5.41) is 5.91. The van der Waals surface area contributed by atoms with Crippen LogP contribution in [-0.4, -0.2) is 16.8 Å². The highest BCUT2D eigenvalue weighted by Crippen LogP contribution is 2.16. The highest BCUT2D eigenvalue weighted by Gasteiger charge is 2.15. The molecule has 2 amide bonds. The molecule has 0 radical (unpaired) electrons. The van der Waals surface area contributed by atoms with Crippen molar-refractivity contribution in [3.8, 4) is 0 Å². The fourth-order valence-corrected chi connectivity index (χ4v) is 2.52. The molecule has 0 fully saturated rings. The van der Waals surface area contributed by atoms with Crippen LogP contribution in [-0.2, 0) is 4.79 Å². The van der Waals surface area contributed by atoms with E-state index in [1.807, 2.05) is 6.07 Å². The molecule has 3 aromatic rings. The zero-order valence-electron chi connectivity index (χ0n) is 14.2. The highest BCUT2D eigenvalue weighted by atomic mass is 35.5. The molecule has 0 atom stereocenters. The minimum Gasteiger partial charge on any atom is -0.321 e. The average molecular weight is 378 g/mol. The van der Waals surface area contributed by atoms with Crippen LogP contribution < -0.4 is 10.6 Å². The van der Waals surface area contributed by atoms with Gasteiger partial charge in [-0.05, 0) is 54.1 Å². The van der Waals surface area contributed by atoms with Crippen LogP contribution in [0.1, 0.15) is 15.9 Å². The Hall–Kier alpha value is -3.44. The van der Waals surface area contributed by atoms with Gasteiger partial charge in [-0.25, -0.2) is 0 Å². The number of anilines is 1. The molecule has 0 aliphatic carbocycles. The Morgan fingerprint density at radius 1 is 0.926 bits per heavy atom. The molecule has 1 heterocycles. The Kier molecular flexibility index (Phi) is 5.97. The number of hydrogen-bond acceptors (Lipinski definition) is 3. The number of carbonyl (C=O) groups excluding carboxylic acids is 2. The molecule has 27 heavy (non-hydrogen) atoms. The molecule has 0 spiro atoms. The Bertz CT molecular complexity index is 973.